The third-order valence-electron chi connectivity index (χ3n) is 4.93. The van der Waals surface area contributed by atoms with Crippen molar-refractivity contribution >= 4 is 5.91 Å². The minimum absolute atomic E-state index is 0.0395. The molecule has 1 N–H and O–H groups in total. The van der Waals surface area contributed by atoms with E-state index in [-0.39, 0.29) is 24.1 Å². The number of nitrogens with zero attached hydrogens (tertiary/aromatic N) is 5. The van der Waals surface area contributed by atoms with Crippen LogP contribution in [0.25, 0.3) is 0 Å². The maximum absolute atomic E-state index is 13.3. The number of amides is 1. The van der Waals surface area contributed by atoms with E-state index in [4.69, 9.17) is 4.74 Å². The first kappa shape index (κ1) is 20.3. The lowest BCUT2D eigenvalue weighted by molar-refractivity contribution is 0.0527. The predicted octanol–water partition coefficient (Wildman–Crippen LogP) is 2.55. The van der Waals surface area contributed by atoms with E-state index >= 15 is 0 Å². The minimum atomic E-state index is -1.05. The van der Waals surface area contributed by atoms with Crippen molar-refractivity contribution < 1.29 is 14.6 Å². The summed E-state index contributed by atoms with van der Waals surface area (Å²) in [6.45, 7) is 9.72. The van der Waals surface area contributed by atoms with Crippen LogP contribution in [-0.4, -0.2) is 54.6 Å². The van der Waals surface area contributed by atoms with Gasteiger partial charge >= 0.3 is 0 Å². The number of carbonyl (C=O) groups is 1. The molecule has 1 amide bonds. The molecule has 2 aromatic rings. The lowest BCUT2D eigenvalue weighted by atomic mass is 9.98. The number of likely N-dealkylation sites (tertiary alicyclic amines) is 1. The van der Waals surface area contributed by atoms with Crippen LogP contribution in [-0.2, 0) is 5.60 Å². The van der Waals surface area contributed by atoms with Crippen LogP contribution in [0, 0.1) is 0 Å². The molecule has 0 aliphatic carbocycles. The largest absolute Gasteiger partial charge is 0.474 e. The fourth-order valence-corrected chi connectivity index (χ4v) is 3.32. The molecule has 0 radical (unpaired) electrons. The van der Waals surface area contributed by atoms with Gasteiger partial charge in [-0.1, -0.05) is 0 Å². The van der Waals surface area contributed by atoms with Gasteiger partial charge in [0.1, 0.15) is 16.9 Å². The van der Waals surface area contributed by atoms with Gasteiger partial charge in [0, 0.05) is 18.8 Å². The highest BCUT2D eigenvalue weighted by atomic mass is 16.5. The van der Waals surface area contributed by atoms with Gasteiger partial charge < -0.3 is 14.7 Å². The number of ether oxygens (including phenoxy) is 1. The summed E-state index contributed by atoms with van der Waals surface area (Å²) >= 11 is 0. The summed E-state index contributed by atoms with van der Waals surface area (Å²) in [6, 6.07) is 3.56. The average Bonchev–Trinajstić information content (AvgIpc) is 3.12. The molecule has 1 saturated heterocycles. The lowest BCUT2D eigenvalue weighted by Gasteiger charge is -2.37. The Morgan fingerprint density at radius 3 is 2.75 bits per heavy atom. The van der Waals surface area contributed by atoms with Crippen molar-refractivity contribution in [3.05, 3.63) is 35.8 Å². The number of aliphatic hydroxyl groups is 1. The normalized spacial score (nSPS) is 20.5. The van der Waals surface area contributed by atoms with E-state index in [0.29, 0.717) is 23.7 Å². The molecule has 0 bridgehead atoms. The van der Waals surface area contributed by atoms with Crippen LogP contribution in [0.2, 0.25) is 0 Å². The van der Waals surface area contributed by atoms with Gasteiger partial charge in [0.05, 0.1) is 18.3 Å². The fraction of sp³-hybridized carbons (Fsp3) is 0.600. The van der Waals surface area contributed by atoms with E-state index in [2.05, 4.69) is 15.2 Å². The number of aromatic nitrogens is 4. The van der Waals surface area contributed by atoms with E-state index < -0.39 is 5.60 Å². The number of hydrogen-bond acceptors (Lipinski definition) is 6. The SMILES string of the molecule is CC(C)Oc1ncccc1C(=O)N1CC(n2ncc(C(C)(C)O)n2)CC[C@H]1C. The first-order valence-corrected chi connectivity index (χ1v) is 9.74. The number of carbonyl (C=O) groups excluding carboxylic acids is 1. The molecule has 1 aliphatic heterocycles. The van der Waals surface area contributed by atoms with E-state index in [0.717, 1.165) is 12.8 Å². The van der Waals surface area contributed by atoms with Gasteiger partial charge in [-0.05, 0) is 59.6 Å². The molecule has 3 heterocycles. The molecule has 8 heteroatoms. The molecule has 0 spiro atoms. The van der Waals surface area contributed by atoms with Crippen LogP contribution in [0.3, 0.4) is 0 Å². The Labute approximate surface area is 165 Å². The molecular formula is C20H29N5O3. The van der Waals surface area contributed by atoms with Crippen molar-refractivity contribution in [3.8, 4) is 5.88 Å². The van der Waals surface area contributed by atoms with Crippen LogP contribution in [0.15, 0.2) is 24.5 Å². The first-order valence-electron chi connectivity index (χ1n) is 9.74. The molecule has 3 rings (SSSR count). The Morgan fingerprint density at radius 2 is 2.11 bits per heavy atom. The van der Waals surface area contributed by atoms with Crippen molar-refractivity contribution in [1.29, 1.82) is 0 Å². The summed E-state index contributed by atoms with van der Waals surface area (Å²) in [6.07, 6.45) is 4.85. The Balaban J connectivity index is 1.82. The molecular weight excluding hydrogens is 358 g/mol. The molecule has 28 heavy (non-hydrogen) atoms. The summed E-state index contributed by atoms with van der Waals surface area (Å²) in [4.78, 5) is 21.0. The van der Waals surface area contributed by atoms with Crippen LogP contribution in [0.1, 0.15) is 69.6 Å². The van der Waals surface area contributed by atoms with Gasteiger partial charge in [0.2, 0.25) is 5.88 Å². The Hall–Kier alpha value is -2.48. The highest BCUT2D eigenvalue weighted by Crippen LogP contribution is 2.29. The smallest absolute Gasteiger partial charge is 0.259 e. The zero-order valence-corrected chi connectivity index (χ0v) is 17.2. The summed E-state index contributed by atoms with van der Waals surface area (Å²) in [5.74, 6) is 0.258. The third kappa shape index (κ3) is 4.32. The van der Waals surface area contributed by atoms with Gasteiger partial charge in [-0.2, -0.15) is 15.0 Å². The number of pyridine rings is 1. The van der Waals surface area contributed by atoms with Crippen LogP contribution in [0.4, 0.5) is 0 Å². The molecule has 2 atom stereocenters. The van der Waals surface area contributed by atoms with Gasteiger partial charge in [0.25, 0.3) is 5.91 Å². The van der Waals surface area contributed by atoms with Crippen molar-refractivity contribution in [3.63, 3.8) is 0 Å². The topological polar surface area (TPSA) is 93.4 Å². The van der Waals surface area contributed by atoms with E-state index in [1.807, 2.05) is 25.7 Å². The van der Waals surface area contributed by atoms with Gasteiger partial charge in [-0.3, -0.25) is 4.79 Å². The fourth-order valence-electron chi connectivity index (χ4n) is 3.32. The van der Waals surface area contributed by atoms with Gasteiger partial charge in [0.15, 0.2) is 0 Å². The standard InChI is InChI=1S/C20H29N5O3/c1-13(2)28-18-16(7-6-10-21-18)19(26)24-12-15(9-8-14(24)3)25-22-11-17(23-25)20(4,5)27/h6-7,10-11,13-15,27H,8-9,12H2,1-5H3/t14-,15?/m1/s1. The average molecular weight is 387 g/mol. The monoisotopic (exact) mass is 387 g/mol. The molecule has 2 aromatic heterocycles. The summed E-state index contributed by atoms with van der Waals surface area (Å²) in [5.41, 5.74) is -0.0627. The van der Waals surface area contributed by atoms with Gasteiger partial charge in [-0.15, -0.1) is 0 Å². The summed E-state index contributed by atoms with van der Waals surface area (Å²) < 4.78 is 5.73. The van der Waals surface area contributed by atoms with Crippen LogP contribution < -0.4 is 4.74 Å². The second kappa shape index (κ2) is 7.87. The minimum Gasteiger partial charge on any atom is -0.474 e. The molecule has 1 aliphatic rings. The third-order valence-corrected chi connectivity index (χ3v) is 4.93. The maximum atomic E-state index is 13.3. The Morgan fingerprint density at radius 1 is 1.36 bits per heavy atom. The lowest BCUT2D eigenvalue weighted by Crippen LogP contribution is -2.46. The summed E-state index contributed by atoms with van der Waals surface area (Å²) in [7, 11) is 0. The van der Waals surface area contributed by atoms with Crippen molar-refractivity contribution in [2.75, 3.05) is 6.54 Å². The number of piperidine rings is 1. The van der Waals surface area contributed by atoms with Crippen LogP contribution in [0.5, 0.6) is 5.88 Å². The Bertz CT molecular complexity index is 827. The molecule has 0 aromatic carbocycles. The highest BCUT2D eigenvalue weighted by Gasteiger charge is 2.33. The molecule has 0 saturated carbocycles. The molecule has 152 valence electrons. The second-order valence-electron chi connectivity index (χ2n) is 8.17. The van der Waals surface area contributed by atoms with Crippen molar-refractivity contribution in [2.24, 2.45) is 0 Å². The quantitative estimate of drug-likeness (QED) is 0.847. The molecule has 8 nitrogen and oxygen atoms in total. The zero-order valence-electron chi connectivity index (χ0n) is 17.2. The molecule has 1 unspecified atom stereocenters. The second-order valence-corrected chi connectivity index (χ2v) is 8.17. The Kier molecular flexibility index (Phi) is 5.69. The summed E-state index contributed by atoms with van der Waals surface area (Å²) in [5, 5.41) is 18.9. The van der Waals surface area contributed by atoms with E-state index in [1.54, 1.807) is 43.2 Å². The van der Waals surface area contributed by atoms with Crippen molar-refractivity contribution in [2.45, 2.75) is 71.2 Å². The maximum Gasteiger partial charge on any atom is 0.259 e. The number of hydrogen-bond donors (Lipinski definition) is 1. The van der Waals surface area contributed by atoms with Crippen LogP contribution >= 0.6 is 0 Å². The number of rotatable bonds is 5. The first-order chi connectivity index (χ1) is 13.2. The zero-order chi connectivity index (χ0) is 20.5. The van der Waals surface area contributed by atoms with Gasteiger partial charge in [-0.25, -0.2) is 4.98 Å². The highest BCUT2D eigenvalue weighted by molar-refractivity contribution is 5.96. The van der Waals surface area contributed by atoms with E-state index in [9.17, 15) is 9.90 Å². The van der Waals surface area contributed by atoms with E-state index in [1.165, 1.54) is 0 Å². The molecule has 1 fully saturated rings. The van der Waals surface area contributed by atoms with Crippen molar-refractivity contribution in [1.82, 2.24) is 24.9 Å². The predicted molar refractivity (Wildman–Crippen MR) is 104 cm³/mol.